The van der Waals surface area contributed by atoms with Crippen molar-refractivity contribution >= 4 is 11.3 Å². The topological polar surface area (TPSA) is 34.0 Å². The Labute approximate surface area is 111 Å². The summed E-state index contributed by atoms with van der Waals surface area (Å²) in [5.41, 5.74) is 1.44. The molecular formula is C13H18N4S. The van der Waals surface area contributed by atoms with Gasteiger partial charge in [0.1, 0.15) is 0 Å². The summed E-state index contributed by atoms with van der Waals surface area (Å²) < 4.78 is 2.01. The number of rotatable bonds is 3. The standard InChI is InChI=1S/C13H18N4S/c1-11(12-4-9-18-10-12)16-6-2-13(3-7-16)17-8-5-14-15-17/h4-5,8-11,13H,2-3,6-7H2,1H3. The van der Waals surface area contributed by atoms with Crippen LogP contribution in [0, 0.1) is 0 Å². The maximum absolute atomic E-state index is 4.11. The lowest BCUT2D eigenvalue weighted by Gasteiger charge is -2.35. The lowest BCUT2D eigenvalue weighted by molar-refractivity contribution is 0.138. The second kappa shape index (κ2) is 5.20. The molecule has 0 spiro atoms. The fourth-order valence-electron chi connectivity index (χ4n) is 2.67. The van der Waals surface area contributed by atoms with Crippen LogP contribution in [0.5, 0.6) is 0 Å². The Morgan fingerprint density at radius 3 is 2.83 bits per heavy atom. The van der Waals surface area contributed by atoms with Crippen molar-refractivity contribution in [3.8, 4) is 0 Å². The Balaban J connectivity index is 1.60. The van der Waals surface area contributed by atoms with Gasteiger partial charge in [-0.1, -0.05) is 5.21 Å². The highest BCUT2D eigenvalue weighted by Gasteiger charge is 2.24. The minimum absolute atomic E-state index is 0.526. The molecule has 1 atom stereocenters. The van der Waals surface area contributed by atoms with Crippen LogP contribution >= 0.6 is 11.3 Å². The quantitative estimate of drug-likeness (QED) is 0.853. The van der Waals surface area contributed by atoms with E-state index in [1.165, 1.54) is 5.56 Å². The van der Waals surface area contributed by atoms with Crippen molar-refractivity contribution in [2.45, 2.75) is 31.8 Å². The van der Waals surface area contributed by atoms with Gasteiger partial charge in [-0.3, -0.25) is 4.90 Å². The van der Waals surface area contributed by atoms with E-state index in [2.05, 4.69) is 39.0 Å². The Morgan fingerprint density at radius 1 is 1.39 bits per heavy atom. The molecule has 0 N–H and O–H groups in total. The van der Waals surface area contributed by atoms with Gasteiger partial charge in [-0.15, -0.1) is 5.10 Å². The van der Waals surface area contributed by atoms with Crippen LogP contribution in [0.4, 0.5) is 0 Å². The molecule has 1 aliphatic heterocycles. The first kappa shape index (κ1) is 11.9. The molecule has 2 aromatic rings. The first-order chi connectivity index (χ1) is 8.84. The number of thiophene rings is 1. The predicted octanol–water partition coefficient (Wildman–Crippen LogP) is 2.74. The molecule has 0 amide bonds. The van der Waals surface area contributed by atoms with Crippen LogP contribution < -0.4 is 0 Å². The number of hydrogen-bond donors (Lipinski definition) is 0. The van der Waals surface area contributed by atoms with Crippen molar-refractivity contribution < 1.29 is 0 Å². The molecule has 1 aliphatic rings. The van der Waals surface area contributed by atoms with Crippen LogP contribution in [0.15, 0.2) is 29.2 Å². The Kier molecular flexibility index (Phi) is 3.43. The van der Waals surface area contributed by atoms with Crippen molar-refractivity contribution in [3.05, 3.63) is 34.8 Å². The molecule has 3 rings (SSSR count). The molecule has 96 valence electrons. The summed E-state index contributed by atoms with van der Waals surface area (Å²) in [7, 11) is 0. The van der Waals surface area contributed by atoms with Crippen LogP contribution in [0.25, 0.3) is 0 Å². The molecule has 0 radical (unpaired) electrons. The molecule has 0 bridgehead atoms. The third-order valence-corrected chi connectivity index (χ3v) is 4.59. The third-order valence-electron chi connectivity index (χ3n) is 3.89. The maximum atomic E-state index is 4.11. The SMILES string of the molecule is CC(c1ccsc1)N1CCC(n2ccnn2)CC1. The van der Waals surface area contributed by atoms with Crippen LogP contribution in [0.2, 0.25) is 0 Å². The van der Waals surface area contributed by atoms with Crippen LogP contribution in [0.3, 0.4) is 0 Å². The van der Waals surface area contributed by atoms with Crippen molar-refractivity contribution in [1.29, 1.82) is 0 Å². The summed E-state index contributed by atoms with van der Waals surface area (Å²) in [5, 5.41) is 12.4. The summed E-state index contributed by atoms with van der Waals surface area (Å²) in [6.07, 6.45) is 6.07. The van der Waals surface area contributed by atoms with E-state index in [0.29, 0.717) is 12.1 Å². The Morgan fingerprint density at radius 2 is 2.22 bits per heavy atom. The van der Waals surface area contributed by atoms with E-state index in [1.807, 2.05) is 10.9 Å². The summed E-state index contributed by atoms with van der Waals surface area (Å²) in [5.74, 6) is 0. The minimum Gasteiger partial charge on any atom is -0.296 e. The summed E-state index contributed by atoms with van der Waals surface area (Å²) in [6, 6.07) is 3.30. The number of hydrogen-bond acceptors (Lipinski definition) is 4. The summed E-state index contributed by atoms with van der Waals surface area (Å²) in [6.45, 7) is 4.58. The first-order valence-corrected chi connectivity index (χ1v) is 7.41. The highest BCUT2D eigenvalue weighted by molar-refractivity contribution is 7.07. The normalized spacial score (nSPS) is 20.1. The average Bonchev–Trinajstić information content (AvgIpc) is 3.11. The molecule has 1 unspecified atom stereocenters. The van der Waals surface area contributed by atoms with Gasteiger partial charge in [0.2, 0.25) is 0 Å². The third kappa shape index (κ3) is 2.33. The van der Waals surface area contributed by atoms with Gasteiger partial charge in [-0.2, -0.15) is 11.3 Å². The zero-order valence-electron chi connectivity index (χ0n) is 10.6. The van der Waals surface area contributed by atoms with Gasteiger partial charge in [0, 0.05) is 25.3 Å². The zero-order chi connectivity index (χ0) is 12.4. The molecule has 4 nitrogen and oxygen atoms in total. The van der Waals surface area contributed by atoms with E-state index in [0.717, 1.165) is 25.9 Å². The summed E-state index contributed by atoms with van der Waals surface area (Å²) >= 11 is 1.78. The van der Waals surface area contributed by atoms with Gasteiger partial charge in [0.15, 0.2) is 0 Å². The van der Waals surface area contributed by atoms with Crippen LogP contribution in [-0.2, 0) is 0 Å². The Bertz CT molecular complexity index is 457. The van der Waals surface area contributed by atoms with E-state index < -0.39 is 0 Å². The van der Waals surface area contributed by atoms with Gasteiger partial charge >= 0.3 is 0 Å². The maximum Gasteiger partial charge on any atom is 0.0693 e. The summed E-state index contributed by atoms with van der Waals surface area (Å²) in [4.78, 5) is 2.56. The van der Waals surface area contributed by atoms with Crippen LogP contribution in [0.1, 0.15) is 37.4 Å². The van der Waals surface area contributed by atoms with Gasteiger partial charge in [0.05, 0.1) is 12.2 Å². The van der Waals surface area contributed by atoms with Gasteiger partial charge in [0.25, 0.3) is 0 Å². The van der Waals surface area contributed by atoms with E-state index in [1.54, 1.807) is 17.5 Å². The van der Waals surface area contributed by atoms with Crippen molar-refractivity contribution in [2.24, 2.45) is 0 Å². The number of nitrogens with zero attached hydrogens (tertiary/aromatic N) is 4. The molecule has 5 heteroatoms. The molecule has 2 aromatic heterocycles. The van der Waals surface area contributed by atoms with E-state index in [4.69, 9.17) is 0 Å². The van der Waals surface area contributed by atoms with Gasteiger partial charge in [-0.05, 0) is 42.2 Å². The number of piperidine rings is 1. The second-order valence-corrected chi connectivity index (χ2v) is 5.66. The lowest BCUT2D eigenvalue weighted by atomic mass is 10.0. The first-order valence-electron chi connectivity index (χ1n) is 6.46. The molecule has 0 aromatic carbocycles. The monoisotopic (exact) mass is 262 g/mol. The molecule has 0 aliphatic carbocycles. The van der Waals surface area contributed by atoms with Gasteiger partial charge < -0.3 is 0 Å². The lowest BCUT2D eigenvalue weighted by Crippen LogP contribution is -2.36. The fourth-order valence-corrected chi connectivity index (χ4v) is 3.42. The highest BCUT2D eigenvalue weighted by atomic mass is 32.1. The van der Waals surface area contributed by atoms with E-state index in [-0.39, 0.29) is 0 Å². The Hall–Kier alpha value is -1.20. The molecule has 3 heterocycles. The molecule has 0 saturated carbocycles. The molecule has 1 saturated heterocycles. The predicted molar refractivity (Wildman–Crippen MR) is 72.6 cm³/mol. The highest BCUT2D eigenvalue weighted by Crippen LogP contribution is 2.29. The fraction of sp³-hybridized carbons (Fsp3) is 0.538. The second-order valence-electron chi connectivity index (χ2n) is 4.88. The number of likely N-dealkylation sites (tertiary alicyclic amines) is 1. The molecule has 1 fully saturated rings. The smallest absolute Gasteiger partial charge is 0.0693 e. The van der Waals surface area contributed by atoms with Crippen molar-refractivity contribution in [2.75, 3.05) is 13.1 Å². The van der Waals surface area contributed by atoms with Crippen molar-refractivity contribution in [1.82, 2.24) is 19.9 Å². The zero-order valence-corrected chi connectivity index (χ0v) is 11.4. The number of aromatic nitrogens is 3. The largest absolute Gasteiger partial charge is 0.296 e. The van der Waals surface area contributed by atoms with Crippen molar-refractivity contribution in [3.63, 3.8) is 0 Å². The van der Waals surface area contributed by atoms with E-state index in [9.17, 15) is 0 Å². The molecule has 18 heavy (non-hydrogen) atoms. The van der Waals surface area contributed by atoms with Gasteiger partial charge in [-0.25, -0.2) is 4.68 Å². The minimum atomic E-state index is 0.526. The van der Waals surface area contributed by atoms with E-state index >= 15 is 0 Å². The molecular weight excluding hydrogens is 244 g/mol. The van der Waals surface area contributed by atoms with Crippen LogP contribution in [-0.4, -0.2) is 33.0 Å². The average molecular weight is 262 g/mol.